The van der Waals surface area contributed by atoms with Gasteiger partial charge in [-0.3, -0.25) is 4.79 Å². The summed E-state index contributed by atoms with van der Waals surface area (Å²) in [5.74, 6) is 0.0426. The zero-order valence-corrected chi connectivity index (χ0v) is 19.6. The Kier molecular flexibility index (Phi) is 7.83. The van der Waals surface area contributed by atoms with E-state index < -0.39 is 35.1 Å². The maximum atomic E-state index is 13.2. The number of aromatic nitrogens is 1. The number of nitrogens with one attached hydrogen (secondary N) is 2. The Balaban J connectivity index is 1.71. The number of nitrogens with zero attached hydrogens (tertiary/aromatic N) is 3. The van der Waals surface area contributed by atoms with Crippen LogP contribution in [0.4, 0.5) is 32.2 Å². The van der Waals surface area contributed by atoms with E-state index in [-0.39, 0.29) is 42.1 Å². The van der Waals surface area contributed by atoms with Crippen LogP contribution in [-0.2, 0) is 17.1 Å². The SMILES string of the molecule is CC(C)(CNc1cccc(-c2cc(C(F)(F)F)cc(C(F)(F)F)c2)n1)NCC(=O)N1CCC[C@H]1C#N. The van der Waals surface area contributed by atoms with Crippen molar-refractivity contribution in [2.45, 2.75) is 50.6 Å². The summed E-state index contributed by atoms with van der Waals surface area (Å²) in [5, 5.41) is 15.3. The zero-order chi connectivity index (χ0) is 26.7. The number of amides is 1. The Bertz CT molecular complexity index is 1110. The molecule has 12 heteroatoms. The van der Waals surface area contributed by atoms with Crippen molar-refractivity contribution in [2.24, 2.45) is 0 Å². The molecule has 1 saturated heterocycles. The summed E-state index contributed by atoms with van der Waals surface area (Å²) < 4.78 is 79.2. The van der Waals surface area contributed by atoms with Gasteiger partial charge >= 0.3 is 12.4 Å². The summed E-state index contributed by atoms with van der Waals surface area (Å²) in [6, 6.07) is 7.34. The number of alkyl halides is 6. The Morgan fingerprint density at radius 3 is 2.33 bits per heavy atom. The van der Waals surface area contributed by atoms with Crippen LogP contribution in [0, 0.1) is 11.3 Å². The molecule has 2 aromatic rings. The van der Waals surface area contributed by atoms with E-state index in [1.54, 1.807) is 0 Å². The third-order valence-electron chi connectivity index (χ3n) is 5.78. The Morgan fingerprint density at radius 1 is 1.11 bits per heavy atom. The number of hydrogen-bond donors (Lipinski definition) is 2. The molecule has 0 saturated carbocycles. The minimum Gasteiger partial charge on any atom is -0.368 e. The van der Waals surface area contributed by atoms with E-state index in [9.17, 15) is 31.1 Å². The first kappa shape index (κ1) is 27.3. The zero-order valence-electron chi connectivity index (χ0n) is 19.6. The van der Waals surface area contributed by atoms with Crippen LogP contribution in [-0.4, -0.2) is 47.0 Å². The summed E-state index contributed by atoms with van der Waals surface area (Å²) in [5.41, 5.74) is -3.84. The molecule has 0 aliphatic carbocycles. The van der Waals surface area contributed by atoms with Crippen LogP contribution in [0.15, 0.2) is 36.4 Å². The summed E-state index contributed by atoms with van der Waals surface area (Å²) in [7, 11) is 0. The highest BCUT2D eigenvalue weighted by molar-refractivity contribution is 5.79. The van der Waals surface area contributed by atoms with Gasteiger partial charge in [0.1, 0.15) is 11.9 Å². The third kappa shape index (κ3) is 6.87. The monoisotopic (exact) mass is 513 g/mol. The number of halogens is 6. The summed E-state index contributed by atoms with van der Waals surface area (Å²) in [6.45, 7) is 4.40. The molecule has 0 unspecified atom stereocenters. The predicted molar refractivity (Wildman–Crippen MR) is 121 cm³/mol. The van der Waals surface area contributed by atoms with Crippen molar-refractivity contribution in [1.29, 1.82) is 5.26 Å². The lowest BCUT2D eigenvalue weighted by Gasteiger charge is -2.28. The van der Waals surface area contributed by atoms with Crippen LogP contribution in [0.3, 0.4) is 0 Å². The number of nitriles is 1. The molecule has 1 aromatic carbocycles. The van der Waals surface area contributed by atoms with Gasteiger partial charge in [0.15, 0.2) is 0 Å². The quantitative estimate of drug-likeness (QED) is 0.505. The number of carbonyl (C=O) groups is 1. The summed E-state index contributed by atoms with van der Waals surface area (Å²) in [4.78, 5) is 18.2. The molecule has 1 aliphatic rings. The molecule has 3 rings (SSSR count). The van der Waals surface area contributed by atoms with E-state index in [1.807, 2.05) is 13.8 Å². The van der Waals surface area contributed by atoms with E-state index in [1.165, 1.54) is 23.1 Å². The summed E-state index contributed by atoms with van der Waals surface area (Å²) in [6.07, 6.45) is -8.50. The van der Waals surface area contributed by atoms with Crippen LogP contribution < -0.4 is 10.6 Å². The first-order valence-corrected chi connectivity index (χ1v) is 11.1. The smallest absolute Gasteiger partial charge is 0.368 e. The van der Waals surface area contributed by atoms with Crippen molar-refractivity contribution in [3.63, 3.8) is 0 Å². The maximum Gasteiger partial charge on any atom is 0.416 e. The fourth-order valence-electron chi connectivity index (χ4n) is 3.79. The van der Waals surface area contributed by atoms with Gasteiger partial charge in [-0.05, 0) is 57.0 Å². The van der Waals surface area contributed by atoms with E-state index >= 15 is 0 Å². The minimum atomic E-state index is -4.96. The van der Waals surface area contributed by atoms with E-state index in [4.69, 9.17) is 5.26 Å². The average molecular weight is 513 g/mol. The molecular formula is C24H25F6N5O. The van der Waals surface area contributed by atoms with Crippen LogP contribution in [0.25, 0.3) is 11.3 Å². The molecule has 0 spiro atoms. The number of rotatable bonds is 7. The lowest BCUT2D eigenvalue weighted by Crippen LogP contribution is -2.50. The molecular weight excluding hydrogens is 488 g/mol. The number of anilines is 1. The molecule has 1 amide bonds. The van der Waals surface area contributed by atoms with Gasteiger partial charge in [-0.15, -0.1) is 0 Å². The van der Waals surface area contributed by atoms with Crippen LogP contribution in [0.5, 0.6) is 0 Å². The largest absolute Gasteiger partial charge is 0.416 e. The second-order valence-corrected chi connectivity index (χ2v) is 9.17. The van der Waals surface area contributed by atoms with Gasteiger partial charge in [-0.2, -0.15) is 31.6 Å². The Morgan fingerprint density at radius 2 is 1.75 bits per heavy atom. The van der Waals surface area contributed by atoms with Gasteiger partial charge < -0.3 is 15.5 Å². The van der Waals surface area contributed by atoms with Crippen molar-refractivity contribution in [3.05, 3.63) is 47.5 Å². The fraction of sp³-hybridized carbons (Fsp3) is 0.458. The van der Waals surface area contributed by atoms with Gasteiger partial charge in [0.05, 0.1) is 29.4 Å². The van der Waals surface area contributed by atoms with Crippen molar-refractivity contribution >= 4 is 11.7 Å². The number of hydrogen-bond acceptors (Lipinski definition) is 5. The first-order chi connectivity index (χ1) is 16.7. The van der Waals surface area contributed by atoms with Gasteiger partial charge in [0.2, 0.25) is 5.91 Å². The second kappa shape index (κ2) is 10.3. The molecule has 0 bridgehead atoms. The van der Waals surface area contributed by atoms with E-state index in [2.05, 4.69) is 21.7 Å². The lowest BCUT2D eigenvalue weighted by atomic mass is 10.0. The standard InChI is InChI=1S/C24H25F6N5O/c1-22(2,33-13-21(36)35-8-4-5-18(35)12-31)14-32-20-7-3-6-19(34-20)15-9-16(23(25,26)27)11-17(10-15)24(28,29)30/h3,6-7,9-11,18,33H,4-5,8,13-14H2,1-2H3,(H,32,34)/t18-/m0/s1. The molecule has 0 radical (unpaired) electrons. The molecule has 36 heavy (non-hydrogen) atoms. The van der Waals surface area contributed by atoms with Crippen LogP contribution in [0.2, 0.25) is 0 Å². The van der Waals surface area contributed by atoms with Crippen LogP contribution in [0.1, 0.15) is 37.8 Å². The Labute approximate surface area is 204 Å². The fourth-order valence-corrected chi connectivity index (χ4v) is 3.79. The molecule has 1 aliphatic heterocycles. The van der Waals surface area contributed by atoms with Crippen molar-refractivity contribution in [3.8, 4) is 17.3 Å². The summed E-state index contributed by atoms with van der Waals surface area (Å²) >= 11 is 0. The van der Waals surface area contributed by atoms with Gasteiger partial charge in [0, 0.05) is 24.2 Å². The first-order valence-electron chi connectivity index (χ1n) is 11.1. The molecule has 6 nitrogen and oxygen atoms in total. The number of pyridine rings is 1. The van der Waals surface area contributed by atoms with Crippen molar-refractivity contribution in [2.75, 3.05) is 25.0 Å². The highest BCUT2D eigenvalue weighted by atomic mass is 19.4. The molecule has 2 heterocycles. The predicted octanol–water partition coefficient (Wildman–Crippen LogP) is 5.08. The van der Waals surface area contributed by atoms with E-state index in [0.717, 1.165) is 6.42 Å². The van der Waals surface area contributed by atoms with Crippen LogP contribution >= 0.6 is 0 Å². The normalized spacial score (nSPS) is 16.6. The topological polar surface area (TPSA) is 81.1 Å². The average Bonchev–Trinajstić information content (AvgIpc) is 3.29. The number of carbonyl (C=O) groups excluding carboxylic acids is 1. The highest BCUT2D eigenvalue weighted by Crippen LogP contribution is 2.38. The van der Waals surface area contributed by atoms with Gasteiger partial charge in [-0.1, -0.05) is 6.07 Å². The number of benzene rings is 1. The van der Waals surface area contributed by atoms with Crippen molar-refractivity contribution < 1.29 is 31.1 Å². The molecule has 1 aromatic heterocycles. The second-order valence-electron chi connectivity index (χ2n) is 9.17. The van der Waals surface area contributed by atoms with Gasteiger partial charge in [-0.25, -0.2) is 4.98 Å². The molecule has 1 atom stereocenters. The Hall–Kier alpha value is -3.33. The van der Waals surface area contributed by atoms with Crippen molar-refractivity contribution in [1.82, 2.24) is 15.2 Å². The third-order valence-corrected chi connectivity index (χ3v) is 5.78. The molecule has 2 N–H and O–H groups in total. The van der Waals surface area contributed by atoms with E-state index in [0.29, 0.717) is 25.1 Å². The molecule has 1 fully saturated rings. The minimum absolute atomic E-state index is 0.00474. The lowest BCUT2D eigenvalue weighted by molar-refractivity contribution is -0.143. The van der Waals surface area contributed by atoms with Gasteiger partial charge in [0.25, 0.3) is 0 Å². The molecule has 194 valence electrons. The maximum absolute atomic E-state index is 13.2. The highest BCUT2D eigenvalue weighted by Gasteiger charge is 2.37. The number of likely N-dealkylation sites (tertiary alicyclic amines) is 1.